The summed E-state index contributed by atoms with van der Waals surface area (Å²) in [5.41, 5.74) is 3.28. The summed E-state index contributed by atoms with van der Waals surface area (Å²) in [6, 6.07) is 8.08. The van der Waals surface area contributed by atoms with Gasteiger partial charge in [-0.2, -0.15) is 0 Å². The quantitative estimate of drug-likeness (QED) is 0.574. The number of nitrogens with zero attached hydrogens (tertiary/aromatic N) is 3. The van der Waals surface area contributed by atoms with Crippen LogP contribution in [-0.4, -0.2) is 19.9 Å². The van der Waals surface area contributed by atoms with E-state index in [-0.39, 0.29) is 5.02 Å². The van der Waals surface area contributed by atoms with Crippen LogP contribution in [-0.2, 0) is 0 Å². The van der Waals surface area contributed by atoms with Gasteiger partial charge in [0.05, 0.1) is 10.7 Å². The third-order valence-electron chi connectivity index (χ3n) is 3.59. The molecule has 5 nitrogen and oxygen atoms in total. The van der Waals surface area contributed by atoms with E-state index in [1.54, 1.807) is 24.7 Å². The van der Waals surface area contributed by atoms with Gasteiger partial charge in [-0.15, -0.1) is 0 Å². The summed E-state index contributed by atoms with van der Waals surface area (Å²) in [7, 11) is 0. The van der Waals surface area contributed by atoms with E-state index in [2.05, 4.69) is 25.3 Å². The zero-order valence-corrected chi connectivity index (χ0v) is 13.0. The van der Waals surface area contributed by atoms with Gasteiger partial charge in [0.1, 0.15) is 5.82 Å². The summed E-state index contributed by atoms with van der Waals surface area (Å²) < 4.78 is 13.2. The molecular weight excluding hydrogens is 329 g/mol. The number of anilines is 2. The average Bonchev–Trinajstić information content (AvgIpc) is 3.03. The fraction of sp³-hybridized carbons (Fsp3) is 0. The zero-order chi connectivity index (χ0) is 16.5. The average molecular weight is 340 g/mol. The van der Waals surface area contributed by atoms with Crippen LogP contribution in [0.3, 0.4) is 0 Å². The second kappa shape index (κ2) is 5.90. The van der Waals surface area contributed by atoms with E-state index in [0.29, 0.717) is 11.6 Å². The van der Waals surface area contributed by atoms with E-state index < -0.39 is 5.82 Å². The molecule has 0 fully saturated rings. The van der Waals surface area contributed by atoms with Gasteiger partial charge in [-0.3, -0.25) is 4.98 Å². The predicted octanol–water partition coefficient (Wildman–Crippen LogP) is 4.56. The van der Waals surface area contributed by atoms with Crippen molar-refractivity contribution < 1.29 is 4.39 Å². The molecule has 118 valence electrons. The molecule has 1 aromatic carbocycles. The van der Waals surface area contributed by atoms with Crippen LogP contribution in [0.4, 0.5) is 16.0 Å². The SMILES string of the molecule is Fc1ccc(Nc2nccc(-c3c[nH]c4ccncc34)n2)cc1Cl. The van der Waals surface area contributed by atoms with E-state index in [1.165, 1.54) is 12.1 Å². The molecule has 3 heterocycles. The maximum atomic E-state index is 13.2. The largest absolute Gasteiger partial charge is 0.360 e. The smallest absolute Gasteiger partial charge is 0.227 e. The number of H-pyrrole nitrogens is 1. The van der Waals surface area contributed by atoms with Gasteiger partial charge in [0, 0.05) is 46.9 Å². The third-order valence-corrected chi connectivity index (χ3v) is 3.88. The first-order valence-corrected chi connectivity index (χ1v) is 7.55. The summed E-state index contributed by atoms with van der Waals surface area (Å²) in [5, 5.41) is 4.04. The van der Waals surface area contributed by atoms with Crippen molar-refractivity contribution in [1.29, 1.82) is 0 Å². The molecule has 0 aliphatic heterocycles. The Kier molecular flexibility index (Phi) is 3.59. The highest BCUT2D eigenvalue weighted by atomic mass is 35.5. The van der Waals surface area contributed by atoms with Gasteiger partial charge in [0.15, 0.2) is 0 Å². The molecule has 3 aromatic heterocycles. The number of halogens is 2. The van der Waals surface area contributed by atoms with E-state index in [9.17, 15) is 4.39 Å². The van der Waals surface area contributed by atoms with Crippen molar-refractivity contribution in [2.75, 3.05) is 5.32 Å². The first kappa shape index (κ1) is 14.6. The molecule has 24 heavy (non-hydrogen) atoms. The van der Waals surface area contributed by atoms with Gasteiger partial charge in [-0.05, 0) is 30.3 Å². The molecule has 0 radical (unpaired) electrons. The summed E-state index contributed by atoms with van der Waals surface area (Å²) in [6.07, 6.45) is 7.06. The van der Waals surface area contributed by atoms with Crippen molar-refractivity contribution in [3.05, 3.63) is 66.0 Å². The number of pyridine rings is 1. The monoisotopic (exact) mass is 339 g/mol. The molecule has 2 N–H and O–H groups in total. The number of benzene rings is 1. The highest BCUT2D eigenvalue weighted by Crippen LogP contribution is 2.27. The lowest BCUT2D eigenvalue weighted by atomic mass is 10.1. The summed E-state index contributed by atoms with van der Waals surface area (Å²) in [4.78, 5) is 16.0. The molecule has 0 aliphatic rings. The Hall–Kier alpha value is -2.99. The van der Waals surface area contributed by atoms with Gasteiger partial charge in [-0.1, -0.05) is 11.6 Å². The Balaban J connectivity index is 1.70. The van der Waals surface area contributed by atoms with Crippen LogP contribution in [0, 0.1) is 5.82 Å². The van der Waals surface area contributed by atoms with Crippen molar-refractivity contribution in [3.63, 3.8) is 0 Å². The second-order valence-corrected chi connectivity index (χ2v) is 5.55. The molecule has 0 saturated carbocycles. The fourth-order valence-electron chi connectivity index (χ4n) is 2.45. The van der Waals surface area contributed by atoms with Crippen LogP contribution in [0.1, 0.15) is 0 Å². The summed E-state index contributed by atoms with van der Waals surface area (Å²) in [6.45, 7) is 0. The van der Waals surface area contributed by atoms with Crippen LogP contribution in [0.15, 0.2) is 55.1 Å². The van der Waals surface area contributed by atoms with Crippen molar-refractivity contribution >= 4 is 34.1 Å². The molecule has 0 atom stereocenters. The summed E-state index contributed by atoms with van der Waals surface area (Å²) >= 11 is 5.79. The van der Waals surface area contributed by atoms with E-state index in [0.717, 1.165) is 22.2 Å². The number of hydrogen-bond acceptors (Lipinski definition) is 4. The second-order valence-electron chi connectivity index (χ2n) is 5.14. The van der Waals surface area contributed by atoms with Crippen molar-refractivity contribution in [1.82, 2.24) is 19.9 Å². The standard InChI is InChI=1S/C17H11ClFN5/c18-13-7-10(1-2-14(13)19)23-17-21-6-4-16(24-17)12-9-22-15-3-5-20-8-11(12)15/h1-9,22H,(H,21,23,24). The third kappa shape index (κ3) is 2.68. The number of fused-ring (bicyclic) bond motifs is 1. The molecule has 4 rings (SSSR count). The van der Waals surface area contributed by atoms with Crippen molar-refractivity contribution in [3.8, 4) is 11.3 Å². The Bertz CT molecular complexity index is 1030. The molecule has 7 heteroatoms. The minimum atomic E-state index is -0.469. The molecule has 4 aromatic rings. The van der Waals surface area contributed by atoms with E-state index in [4.69, 9.17) is 11.6 Å². The first-order valence-electron chi connectivity index (χ1n) is 7.17. The number of rotatable bonds is 3. The van der Waals surface area contributed by atoms with E-state index >= 15 is 0 Å². The minimum absolute atomic E-state index is 0.0406. The fourth-order valence-corrected chi connectivity index (χ4v) is 2.63. The number of aromatic nitrogens is 4. The summed E-state index contributed by atoms with van der Waals surface area (Å²) in [5.74, 6) is -0.0726. The molecule has 0 amide bonds. The predicted molar refractivity (Wildman–Crippen MR) is 91.8 cm³/mol. The molecule has 0 bridgehead atoms. The Morgan fingerprint density at radius 1 is 1.12 bits per heavy atom. The maximum absolute atomic E-state index is 13.2. The normalized spacial score (nSPS) is 10.9. The lowest BCUT2D eigenvalue weighted by Crippen LogP contribution is -1.98. The van der Waals surface area contributed by atoms with Crippen molar-refractivity contribution in [2.45, 2.75) is 0 Å². The first-order chi connectivity index (χ1) is 11.7. The molecule has 0 spiro atoms. The molecular formula is C17H11ClFN5. The lowest BCUT2D eigenvalue weighted by Gasteiger charge is -2.07. The van der Waals surface area contributed by atoms with Crippen LogP contribution >= 0.6 is 11.6 Å². The van der Waals surface area contributed by atoms with Crippen LogP contribution < -0.4 is 5.32 Å². The van der Waals surface area contributed by atoms with Gasteiger partial charge >= 0.3 is 0 Å². The van der Waals surface area contributed by atoms with E-state index in [1.807, 2.05) is 18.3 Å². The van der Waals surface area contributed by atoms with Gasteiger partial charge in [-0.25, -0.2) is 14.4 Å². The Morgan fingerprint density at radius 3 is 2.92 bits per heavy atom. The topological polar surface area (TPSA) is 66.5 Å². The number of nitrogens with one attached hydrogen (secondary N) is 2. The van der Waals surface area contributed by atoms with Gasteiger partial charge < -0.3 is 10.3 Å². The zero-order valence-electron chi connectivity index (χ0n) is 12.3. The number of aromatic amines is 1. The van der Waals surface area contributed by atoms with Crippen molar-refractivity contribution in [2.24, 2.45) is 0 Å². The highest BCUT2D eigenvalue weighted by Gasteiger charge is 2.09. The molecule has 0 aliphatic carbocycles. The van der Waals surface area contributed by atoms with Gasteiger partial charge in [0.2, 0.25) is 5.95 Å². The van der Waals surface area contributed by atoms with Gasteiger partial charge in [0.25, 0.3) is 0 Å². The molecule has 0 unspecified atom stereocenters. The van der Waals surface area contributed by atoms with Crippen LogP contribution in [0.5, 0.6) is 0 Å². The Labute approximate surface area is 141 Å². The van der Waals surface area contributed by atoms with Crippen LogP contribution in [0.2, 0.25) is 5.02 Å². The number of hydrogen-bond donors (Lipinski definition) is 2. The molecule has 0 saturated heterocycles. The van der Waals surface area contributed by atoms with Crippen LogP contribution in [0.25, 0.3) is 22.2 Å². The lowest BCUT2D eigenvalue weighted by molar-refractivity contribution is 0.628. The minimum Gasteiger partial charge on any atom is -0.360 e. The Morgan fingerprint density at radius 2 is 2.04 bits per heavy atom. The maximum Gasteiger partial charge on any atom is 0.227 e. The highest BCUT2D eigenvalue weighted by molar-refractivity contribution is 6.31.